The van der Waals surface area contributed by atoms with Gasteiger partial charge in [0.1, 0.15) is 0 Å². The van der Waals surface area contributed by atoms with Gasteiger partial charge in [-0.15, -0.1) is 0 Å². The molecule has 22 heavy (non-hydrogen) atoms. The molecule has 0 saturated carbocycles. The number of amides is 1. The molecule has 0 aliphatic carbocycles. The van der Waals surface area contributed by atoms with Crippen LogP contribution in [0, 0.1) is 0 Å². The Bertz CT molecular complexity index is 574. The molecule has 0 aliphatic rings. The van der Waals surface area contributed by atoms with Crippen LogP contribution in [0.15, 0.2) is 54.6 Å². The fourth-order valence-corrected chi connectivity index (χ4v) is 2.45. The normalized spacial score (nSPS) is 11.9. The Morgan fingerprint density at radius 3 is 2.27 bits per heavy atom. The van der Waals surface area contributed by atoms with Gasteiger partial charge in [-0.3, -0.25) is 4.79 Å². The van der Waals surface area contributed by atoms with Crippen molar-refractivity contribution >= 4 is 5.91 Å². The summed E-state index contributed by atoms with van der Waals surface area (Å²) in [4.78, 5) is 12.0. The summed E-state index contributed by atoms with van der Waals surface area (Å²) in [5, 5.41) is 3.03. The first-order valence-corrected chi connectivity index (χ1v) is 8.08. The standard InChI is InChI=1S/C20H25NO/c1-3-17-9-11-18(12-10-17)13-14-20(22)21-15-16(2)19-7-5-4-6-8-19/h4-12,16H,3,13-15H2,1-2H3,(H,21,22)/t16-/m1/s1. The molecule has 0 heterocycles. The van der Waals surface area contributed by atoms with E-state index in [1.165, 1.54) is 16.7 Å². The van der Waals surface area contributed by atoms with E-state index in [1.54, 1.807) is 0 Å². The fraction of sp³-hybridized carbons (Fsp3) is 0.350. The smallest absolute Gasteiger partial charge is 0.220 e. The summed E-state index contributed by atoms with van der Waals surface area (Å²) >= 11 is 0. The predicted molar refractivity (Wildman–Crippen MR) is 92.0 cm³/mol. The minimum absolute atomic E-state index is 0.127. The van der Waals surface area contributed by atoms with Crippen LogP contribution < -0.4 is 5.32 Å². The van der Waals surface area contributed by atoms with Crippen LogP contribution in [0.4, 0.5) is 0 Å². The monoisotopic (exact) mass is 295 g/mol. The van der Waals surface area contributed by atoms with Crippen molar-refractivity contribution < 1.29 is 4.79 Å². The van der Waals surface area contributed by atoms with Gasteiger partial charge in [-0.05, 0) is 35.4 Å². The minimum Gasteiger partial charge on any atom is -0.355 e. The number of hydrogen-bond acceptors (Lipinski definition) is 1. The number of rotatable bonds is 7. The van der Waals surface area contributed by atoms with Crippen LogP contribution in [0.5, 0.6) is 0 Å². The average Bonchev–Trinajstić information content (AvgIpc) is 2.59. The molecule has 2 nitrogen and oxygen atoms in total. The van der Waals surface area contributed by atoms with Gasteiger partial charge in [-0.2, -0.15) is 0 Å². The molecule has 0 aromatic heterocycles. The highest BCUT2D eigenvalue weighted by Gasteiger charge is 2.07. The highest BCUT2D eigenvalue weighted by atomic mass is 16.1. The Kier molecular flexibility index (Phi) is 6.20. The van der Waals surface area contributed by atoms with Crippen LogP contribution in [0.3, 0.4) is 0 Å². The van der Waals surface area contributed by atoms with E-state index in [4.69, 9.17) is 0 Å². The zero-order valence-electron chi connectivity index (χ0n) is 13.5. The fourth-order valence-electron chi connectivity index (χ4n) is 2.45. The van der Waals surface area contributed by atoms with E-state index in [9.17, 15) is 4.79 Å². The first kappa shape index (κ1) is 16.3. The Morgan fingerprint density at radius 2 is 1.64 bits per heavy atom. The average molecular weight is 295 g/mol. The third kappa shape index (κ3) is 5.03. The topological polar surface area (TPSA) is 29.1 Å². The van der Waals surface area contributed by atoms with Gasteiger partial charge in [-0.1, -0.05) is 68.4 Å². The third-order valence-corrected chi connectivity index (χ3v) is 4.05. The van der Waals surface area contributed by atoms with Gasteiger partial charge in [0.05, 0.1) is 0 Å². The van der Waals surface area contributed by atoms with Gasteiger partial charge in [0.25, 0.3) is 0 Å². The van der Waals surface area contributed by atoms with Crippen molar-refractivity contribution in [2.24, 2.45) is 0 Å². The summed E-state index contributed by atoms with van der Waals surface area (Å²) in [6, 6.07) is 18.8. The van der Waals surface area contributed by atoms with E-state index in [-0.39, 0.29) is 5.91 Å². The maximum absolute atomic E-state index is 12.0. The van der Waals surface area contributed by atoms with Crippen LogP contribution in [-0.4, -0.2) is 12.5 Å². The molecule has 0 bridgehead atoms. The molecule has 0 fully saturated rings. The van der Waals surface area contributed by atoms with E-state index in [1.807, 2.05) is 18.2 Å². The molecule has 0 unspecified atom stereocenters. The second-order valence-electron chi connectivity index (χ2n) is 5.79. The van der Waals surface area contributed by atoms with Crippen molar-refractivity contribution in [3.8, 4) is 0 Å². The van der Waals surface area contributed by atoms with E-state index >= 15 is 0 Å². The van der Waals surface area contributed by atoms with Gasteiger partial charge in [-0.25, -0.2) is 0 Å². The molecule has 2 aromatic carbocycles. The lowest BCUT2D eigenvalue weighted by Crippen LogP contribution is -2.27. The summed E-state index contributed by atoms with van der Waals surface area (Å²) in [5.41, 5.74) is 3.83. The third-order valence-electron chi connectivity index (χ3n) is 4.05. The van der Waals surface area contributed by atoms with Crippen molar-refractivity contribution in [2.45, 2.75) is 39.0 Å². The number of nitrogens with one attached hydrogen (secondary N) is 1. The van der Waals surface area contributed by atoms with Crippen LogP contribution >= 0.6 is 0 Å². The van der Waals surface area contributed by atoms with Crippen molar-refractivity contribution in [3.05, 3.63) is 71.3 Å². The Labute approximate surface area is 133 Å². The van der Waals surface area contributed by atoms with E-state index in [2.05, 4.69) is 55.6 Å². The summed E-state index contributed by atoms with van der Waals surface area (Å²) in [7, 11) is 0. The lowest BCUT2D eigenvalue weighted by Gasteiger charge is -2.13. The molecular formula is C20H25NO. The second kappa shape index (κ2) is 8.38. The number of carbonyl (C=O) groups is 1. The van der Waals surface area contributed by atoms with Crippen molar-refractivity contribution in [2.75, 3.05) is 6.54 Å². The number of hydrogen-bond donors (Lipinski definition) is 1. The van der Waals surface area contributed by atoms with Gasteiger partial charge in [0.2, 0.25) is 5.91 Å². The summed E-state index contributed by atoms with van der Waals surface area (Å²) in [5.74, 6) is 0.469. The van der Waals surface area contributed by atoms with Crippen molar-refractivity contribution in [1.82, 2.24) is 5.32 Å². The molecule has 0 radical (unpaired) electrons. The quantitative estimate of drug-likeness (QED) is 0.818. The molecule has 0 spiro atoms. The Morgan fingerprint density at radius 1 is 1.00 bits per heavy atom. The summed E-state index contributed by atoms with van der Waals surface area (Å²) in [6.45, 7) is 4.98. The maximum Gasteiger partial charge on any atom is 0.220 e. The lowest BCUT2D eigenvalue weighted by molar-refractivity contribution is -0.121. The number of carbonyl (C=O) groups excluding carboxylic acids is 1. The molecule has 1 N–H and O–H groups in total. The Balaban J connectivity index is 1.73. The van der Waals surface area contributed by atoms with Gasteiger partial charge >= 0.3 is 0 Å². The second-order valence-corrected chi connectivity index (χ2v) is 5.79. The Hall–Kier alpha value is -2.09. The number of benzene rings is 2. The molecular weight excluding hydrogens is 270 g/mol. The van der Waals surface area contributed by atoms with Crippen molar-refractivity contribution in [3.63, 3.8) is 0 Å². The van der Waals surface area contributed by atoms with E-state index < -0.39 is 0 Å². The zero-order chi connectivity index (χ0) is 15.8. The lowest BCUT2D eigenvalue weighted by atomic mass is 10.0. The molecule has 1 atom stereocenters. The highest BCUT2D eigenvalue weighted by Crippen LogP contribution is 2.13. The van der Waals surface area contributed by atoms with E-state index in [0.29, 0.717) is 18.9 Å². The van der Waals surface area contributed by atoms with Crippen molar-refractivity contribution in [1.29, 1.82) is 0 Å². The zero-order valence-corrected chi connectivity index (χ0v) is 13.5. The number of aryl methyl sites for hydroxylation is 2. The first-order chi connectivity index (χ1) is 10.7. The first-order valence-electron chi connectivity index (χ1n) is 8.08. The van der Waals surface area contributed by atoms with Gasteiger partial charge < -0.3 is 5.32 Å². The van der Waals surface area contributed by atoms with E-state index in [0.717, 1.165) is 12.8 Å². The maximum atomic E-state index is 12.0. The molecule has 0 saturated heterocycles. The van der Waals surface area contributed by atoms with Crippen LogP contribution in [0.25, 0.3) is 0 Å². The molecule has 116 valence electrons. The highest BCUT2D eigenvalue weighted by molar-refractivity contribution is 5.76. The van der Waals surface area contributed by atoms with Crippen LogP contribution in [0.2, 0.25) is 0 Å². The molecule has 0 aliphatic heterocycles. The minimum atomic E-state index is 0.127. The summed E-state index contributed by atoms with van der Waals surface area (Å²) in [6.07, 6.45) is 2.40. The predicted octanol–water partition coefficient (Wildman–Crippen LogP) is 4.10. The van der Waals surface area contributed by atoms with Gasteiger partial charge in [0, 0.05) is 13.0 Å². The van der Waals surface area contributed by atoms with Crippen LogP contribution in [0.1, 0.15) is 42.9 Å². The molecule has 2 aromatic rings. The SMILES string of the molecule is CCc1ccc(CCC(=O)NC[C@@H](C)c2ccccc2)cc1. The van der Waals surface area contributed by atoms with Crippen LogP contribution in [-0.2, 0) is 17.6 Å². The molecule has 2 heteroatoms. The van der Waals surface area contributed by atoms with Gasteiger partial charge in [0.15, 0.2) is 0 Å². The molecule has 2 rings (SSSR count). The largest absolute Gasteiger partial charge is 0.355 e. The molecule has 1 amide bonds. The summed E-state index contributed by atoms with van der Waals surface area (Å²) < 4.78 is 0.